The maximum absolute atomic E-state index is 12.5. The van der Waals surface area contributed by atoms with Crippen LogP contribution < -0.4 is 9.47 Å². The van der Waals surface area contributed by atoms with Gasteiger partial charge in [0.25, 0.3) is 0 Å². The van der Waals surface area contributed by atoms with Gasteiger partial charge in [-0.05, 0) is 30.7 Å². The lowest BCUT2D eigenvalue weighted by Gasteiger charge is -1.97. The molecule has 5 heteroatoms. The number of allylic oxidation sites excluding steroid dienone is 1. The zero-order valence-electron chi connectivity index (χ0n) is 13.6. The first kappa shape index (κ1) is 15.6. The number of carbonyl (C=O) groups excluding carboxylic acids is 1. The number of aryl methyl sites for hydroxylation is 1. The van der Waals surface area contributed by atoms with Crippen molar-refractivity contribution in [3.05, 3.63) is 70.7 Å². The van der Waals surface area contributed by atoms with Crippen molar-refractivity contribution < 1.29 is 14.3 Å². The van der Waals surface area contributed by atoms with Crippen molar-refractivity contribution in [3.63, 3.8) is 0 Å². The fourth-order valence-corrected chi connectivity index (χ4v) is 3.59. The molecule has 0 saturated heterocycles. The first-order chi connectivity index (χ1) is 12.2. The van der Waals surface area contributed by atoms with Gasteiger partial charge in [-0.1, -0.05) is 42.5 Å². The average Bonchev–Trinajstić information content (AvgIpc) is 3.26. The summed E-state index contributed by atoms with van der Waals surface area (Å²) in [6.07, 6.45) is 3.36. The van der Waals surface area contributed by atoms with Gasteiger partial charge in [0.15, 0.2) is 17.3 Å². The van der Waals surface area contributed by atoms with Crippen LogP contribution in [0.1, 0.15) is 20.9 Å². The van der Waals surface area contributed by atoms with Crippen molar-refractivity contribution in [1.82, 2.24) is 4.98 Å². The quantitative estimate of drug-likeness (QED) is 0.504. The molecule has 1 aliphatic rings. The van der Waals surface area contributed by atoms with Gasteiger partial charge in [0, 0.05) is 5.56 Å². The standard InChI is InChI=1S/C20H15NO3S/c1-13-19(25-20(21-13)15-5-3-2-4-6-15)16(22)9-7-14-8-10-17-18(11-14)24-12-23-17/h2-11H,12H2,1H3/b9-7+. The smallest absolute Gasteiger partial charge is 0.231 e. The molecule has 4 rings (SSSR count). The van der Waals surface area contributed by atoms with E-state index in [2.05, 4.69) is 4.98 Å². The van der Waals surface area contributed by atoms with Gasteiger partial charge in [-0.2, -0.15) is 0 Å². The molecule has 1 aromatic heterocycles. The first-order valence-corrected chi connectivity index (χ1v) is 8.67. The first-order valence-electron chi connectivity index (χ1n) is 7.85. The zero-order valence-corrected chi connectivity index (χ0v) is 14.4. The number of hydrogen-bond acceptors (Lipinski definition) is 5. The van der Waals surface area contributed by atoms with Crippen molar-refractivity contribution in [1.29, 1.82) is 0 Å². The lowest BCUT2D eigenvalue weighted by molar-refractivity contribution is 0.105. The second kappa shape index (κ2) is 6.53. The van der Waals surface area contributed by atoms with E-state index >= 15 is 0 Å². The van der Waals surface area contributed by atoms with Crippen LogP contribution >= 0.6 is 11.3 Å². The second-order valence-corrected chi connectivity index (χ2v) is 6.61. The molecule has 2 heterocycles. The number of aromatic nitrogens is 1. The normalized spacial score (nSPS) is 12.7. The summed E-state index contributed by atoms with van der Waals surface area (Å²) in [7, 11) is 0. The maximum atomic E-state index is 12.5. The molecule has 124 valence electrons. The van der Waals surface area contributed by atoms with Crippen molar-refractivity contribution in [3.8, 4) is 22.1 Å². The summed E-state index contributed by atoms with van der Waals surface area (Å²) in [5.74, 6) is 1.39. The van der Waals surface area contributed by atoms with Gasteiger partial charge in [0.05, 0.1) is 10.6 Å². The Bertz CT molecular complexity index is 960. The van der Waals surface area contributed by atoms with Crippen molar-refractivity contribution >= 4 is 23.2 Å². The van der Waals surface area contributed by atoms with Crippen LogP contribution in [0.4, 0.5) is 0 Å². The number of benzene rings is 2. The Kier molecular flexibility index (Phi) is 4.07. The van der Waals surface area contributed by atoms with E-state index in [-0.39, 0.29) is 12.6 Å². The van der Waals surface area contributed by atoms with E-state index in [1.54, 1.807) is 12.2 Å². The van der Waals surface area contributed by atoms with Gasteiger partial charge in [-0.3, -0.25) is 4.79 Å². The zero-order chi connectivity index (χ0) is 17.2. The minimum absolute atomic E-state index is 0.0464. The molecule has 0 radical (unpaired) electrons. The number of hydrogen-bond donors (Lipinski definition) is 0. The van der Waals surface area contributed by atoms with Crippen LogP contribution in [0.15, 0.2) is 54.6 Å². The Morgan fingerprint density at radius 3 is 2.76 bits per heavy atom. The third kappa shape index (κ3) is 3.19. The number of thiazole rings is 1. The van der Waals surface area contributed by atoms with Gasteiger partial charge < -0.3 is 9.47 Å². The Balaban J connectivity index is 1.56. The minimum Gasteiger partial charge on any atom is -0.454 e. The maximum Gasteiger partial charge on any atom is 0.231 e. The SMILES string of the molecule is Cc1nc(-c2ccccc2)sc1C(=O)/C=C/c1ccc2c(c1)OCO2. The summed E-state index contributed by atoms with van der Waals surface area (Å²) in [5, 5.41) is 0.859. The summed E-state index contributed by atoms with van der Waals surface area (Å²) in [4.78, 5) is 17.7. The fourth-order valence-electron chi connectivity index (χ4n) is 2.59. The molecule has 2 aromatic carbocycles. The Morgan fingerprint density at radius 1 is 1.12 bits per heavy atom. The van der Waals surface area contributed by atoms with E-state index in [9.17, 15) is 4.79 Å². The third-order valence-electron chi connectivity index (χ3n) is 3.86. The fraction of sp³-hybridized carbons (Fsp3) is 0.100. The predicted octanol–water partition coefficient (Wildman–Crippen LogP) is 4.74. The number of ether oxygens (including phenoxy) is 2. The van der Waals surface area contributed by atoms with E-state index < -0.39 is 0 Å². The number of ketones is 1. The van der Waals surface area contributed by atoms with E-state index in [1.807, 2.05) is 55.5 Å². The number of carbonyl (C=O) groups is 1. The van der Waals surface area contributed by atoms with Gasteiger partial charge in [-0.25, -0.2) is 4.98 Å². The van der Waals surface area contributed by atoms with Crippen molar-refractivity contribution in [2.45, 2.75) is 6.92 Å². The molecule has 1 aliphatic heterocycles. The summed E-state index contributed by atoms with van der Waals surface area (Å²) >= 11 is 1.42. The molecular formula is C20H15NO3S. The van der Waals surface area contributed by atoms with Crippen LogP contribution in [-0.4, -0.2) is 17.6 Å². The van der Waals surface area contributed by atoms with E-state index in [0.29, 0.717) is 10.6 Å². The van der Waals surface area contributed by atoms with Crippen LogP contribution in [0.25, 0.3) is 16.6 Å². The number of fused-ring (bicyclic) bond motifs is 1. The van der Waals surface area contributed by atoms with E-state index in [4.69, 9.17) is 9.47 Å². The summed E-state index contributed by atoms with van der Waals surface area (Å²) in [6.45, 7) is 2.11. The third-order valence-corrected chi connectivity index (χ3v) is 5.09. The summed E-state index contributed by atoms with van der Waals surface area (Å²) in [6, 6.07) is 15.5. The highest BCUT2D eigenvalue weighted by Crippen LogP contribution is 2.33. The van der Waals surface area contributed by atoms with Crippen LogP contribution in [0.3, 0.4) is 0 Å². The van der Waals surface area contributed by atoms with E-state index in [1.165, 1.54) is 11.3 Å². The molecule has 25 heavy (non-hydrogen) atoms. The topological polar surface area (TPSA) is 48.4 Å². The number of nitrogens with zero attached hydrogens (tertiary/aromatic N) is 1. The number of rotatable bonds is 4. The van der Waals surface area contributed by atoms with Crippen LogP contribution in [-0.2, 0) is 0 Å². The van der Waals surface area contributed by atoms with Crippen LogP contribution in [0.2, 0.25) is 0 Å². The highest BCUT2D eigenvalue weighted by Gasteiger charge is 2.15. The molecular weight excluding hydrogens is 334 g/mol. The van der Waals surface area contributed by atoms with Crippen LogP contribution in [0.5, 0.6) is 11.5 Å². The van der Waals surface area contributed by atoms with Gasteiger partial charge in [0.1, 0.15) is 5.01 Å². The highest BCUT2D eigenvalue weighted by atomic mass is 32.1. The largest absolute Gasteiger partial charge is 0.454 e. The van der Waals surface area contributed by atoms with Crippen molar-refractivity contribution in [2.75, 3.05) is 6.79 Å². The Morgan fingerprint density at radius 2 is 1.92 bits per heavy atom. The Labute approximate surface area is 149 Å². The molecule has 3 aromatic rings. The van der Waals surface area contributed by atoms with Gasteiger partial charge in [-0.15, -0.1) is 11.3 Å². The molecule has 0 fully saturated rings. The molecule has 0 N–H and O–H groups in total. The molecule has 0 amide bonds. The van der Waals surface area contributed by atoms with E-state index in [0.717, 1.165) is 27.6 Å². The van der Waals surface area contributed by atoms with Crippen LogP contribution in [0, 0.1) is 6.92 Å². The molecule has 0 unspecified atom stereocenters. The monoisotopic (exact) mass is 349 g/mol. The summed E-state index contributed by atoms with van der Waals surface area (Å²) < 4.78 is 10.6. The minimum atomic E-state index is -0.0464. The molecule has 0 spiro atoms. The van der Waals surface area contributed by atoms with Gasteiger partial charge in [0.2, 0.25) is 6.79 Å². The highest BCUT2D eigenvalue weighted by molar-refractivity contribution is 7.17. The molecule has 0 aliphatic carbocycles. The molecule has 0 bridgehead atoms. The lowest BCUT2D eigenvalue weighted by atomic mass is 10.1. The summed E-state index contributed by atoms with van der Waals surface area (Å²) in [5.41, 5.74) is 2.67. The molecule has 0 atom stereocenters. The average molecular weight is 349 g/mol. The van der Waals surface area contributed by atoms with Gasteiger partial charge >= 0.3 is 0 Å². The Hall–Kier alpha value is -2.92. The lowest BCUT2D eigenvalue weighted by Crippen LogP contribution is -1.93. The van der Waals surface area contributed by atoms with Crippen molar-refractivity contribution in [2.24, 2.45) is 0 Å². The predicted molar refractivity (Wildman–Crippen MR) is 98.2 cm³/mol. The molecule has 4 nitrogen and oxygen atoms in total. The second-order valence-electron chi connectivity index (χ2n) is 5.61. The molecule has 0 saturated carbocycles.